The van der Waals surface area contributed by atoms with Crippen LogP contribution in [0.25, 0.3) is 117 Å². The van der Waals surface area contributed by atoms with Crippen LogP contribution in [0.3, 0.4) is 0 Å². The molecule has 6 heteroatoms. The first-order valence-corrected chi connectivity index (χ1v) is 21.3. The molecule has 0 N–H and O–H groups in total. The highest BCUT2D eigenvalue weighted by atomic mass is 15.1. The zero-order valence-corrected chi connectivity index (χ0v) is 34.0. The van der Waals surface area contributed by atoms with Gasteiger partial charge in [-0.25, -0.2) is 15.0 Å². The molecule has 13 aromatic rings. The fourth-order valence-corrected chi connectivity index (χ4v) is 9.78. The Labute approximate surface area is 362 Å². The quantitative estimate of drug-likeness (QED) is 0.168. The van der Waals surface area contributed by atoms with E-state index in [4.69, 9.17) is 15.0 Å². The first-order valence-electron chi connectivity index (χ1n) is 21.3. The lowest BCUT2D eigenvalue weighted by Gasteiger charge is -2.16. The Morgan fingerprint density at radius 2 is 0.667 bits per heavy atom. The second-order valence-electron chi connectivity index (χ2n) is 16.0. The molecule has 294 valence electrons. The molecule has 0 radical (unpaired) electrons. The van der Waals surface area contributed by atoms with Crippen LogP contribution in [0.4, 0.5) is 0 Å². The number of nitrogens with zero attached hydrogens (tertiary/aromatic N) is 6. The average Bonchev–Trinajstić information content (AvgIpc) is 4.00. The summed E-state index contributed by atoms with van der Waals surface area (Å²) in [7, 11) is 0. The number of rotatable bonds is 6. The predicted molar refractivity (Wildman–Crippen MR) is 259 cm³/mol. The van der Waals surface area contributed by atoms with Crippen molar-refractivity contribution in [1.29, 1.82) is 0 Å². The molecule has 13 rings (SSSR count). The van der Waals surface area contributed by atoms with Gasteiger partial charge in [0.1, 0.15) is 0 Å². The van der Waals surface area contributed by atoms with E-state index in [-0.39, 0.29) is 0 Å². The Kier molecular flexibility index (Phi) is 7.80. The molecule has 4 aromatic heterocycles. The maximum atomic E-state index is 5.23. The second kappa shape index (κ2) is 14.0. The number of benzene rings is 9. The molecule has 0 aliphatic carbocycles. The van der Waals surface area contributed by atoms with Gasteiger partial charge in [0.25, 0.3) is 0 Å². The summed E-state index contributed by atoms with van der Waals surface area (Å²) in [5.74, 6) is 1.86. The number of hydrogen-bond acceptors (Lipinski definition) is 3. The fourth-order valence-electron chi connectivity index (χ4n) is 9.78. The van der Waals surface area contributed by atoms with E-state index in [0.717, 1.165) is 55.8 Å². The summed E-state index contributed by atoms with van der Waals surface area (Å²) in [6.45, 7) is 0. The molecule has 0 saturated carbocycles. The van der Waals surface area contributed by atoms with Gasteiger partial charge in [-0.1, -0.05) is 164 Å². The molecule has 0 bridgehead atoms. The van der Waals surface area contributed by atoms with Gasteiger partial charge in [-0.05, 0) is 54.6 Å². The van der Waals surface area contributed by atoms with Gasteiger partial charge in [0.15, 0.2) is 17.5 Å². The molecule has 0 spiro atoms. The smallest absolute Gasteiger partial charge is 0.166 e. The normalized spacial score (nSPS) is 11.8. The summed E-state index contributed by atoms with van der Waals surface area (Å²) in [6, 6.07) is 77.4. The highest BCUT2D eigenvalue weighted by Gasteiger charge is 2.24. The minimum absolute atomic E-state index is 0.607. The van der Waals surface area contributed by atoms with Crippen LogP contribution in [0.5, 0.6) is 0 Å². The lowest BCUT2D eigenvalue weighted by molar-refractivity contribution is 1.06. The van der Waals surface area contributed by atoms with Crippen LogP contribution in [-0.4, -0.2) is 28.7 Å². The number of fused-ring (bicyclic) bond motifs is 10. The number of hydrogen-bond donors (Lipinski definition) is 0. The van der Waals surface area contributed by atoms with Crippen LogP contribution in [0, 0.1) is 0 Å². The van der Waals surface area contributed by atoms with Gasteiger partial charge in [-0.15, -0.1) is 0 Å². The summed E-state index contributed by atoms with van der Waals surface area (Å²) in [5.41, 5.74) is 12.8. The molecule has 0 aliphatic heterocycles. The van der Waals surface area contributed by atoms with Gasteiger partial charge in [0.05, 0.1) is 38.8 Å². The van der Waals surface area contributed by atoms with Crippen LogP contribution in [-0.2, 0) is 0 Å². The summed E-state index contributed by atoms with van der Waals surface area (Å²) in [5, 5.41) is 7.20. The lowest BCUT2D eigenvalue weighted by Crippen LogP contribution is -2.04. The molecule has 6 nitrogen and oxygen atoms in total. The van der Waals surface area contributed by atoms with Crippen molar-refractivity contribution in [2.45, 2.75) is 0 Å². The van der Waals surface area contributed by atoms with E-state index in [9.17, 15) is 0 Å². The highest BCUT2D eigenvalue weighted by molar-refractivity contribution is 6.24. The van der Waals surface area contributed by atoms with Gasteiger partial charge in [0, 0.05) is 60.4 Å². The first-order chi connectivity index (χ1) is 31.3. The third-order valence-corrected chi connectivity index (χ3v) is 12.5. The van der Waals surface area contributed by atoms with Crippen LogP contribution < -0.4 is 0 Å². The zero-order valence-electron chi connectivity index (χ0n) is 34.0. The van der Waals surface area contributed by atoms with Crippen molar-refractivity contribution < 1.29 is 0 Å². The molecule has 0 fully saturated rings. The van der Waals surface area contributed by atoms with Crippen molar-refractivity contribution in [3.63, 3.8) is 0 Å². The van der Waals surface area contributed by atoms with E-state index in [1.54, 1.807) is 0 Å². The van der Waals surface area contributed by atoms with Crippen molar-refractivity contribution in [2.75, 3.05) is 0 Å². The van der Waals surface area contributed by atoms with E-state index in [0.29, 0.717) is 17.5 Å². The SMILES string of the molecule is c1ccc(-c2nc(-c3ccccc3)nc(-c3ccccc3-n3c4ccccc4c4ccc5c6ccccc6n(-c6cccc(-n7c8ccccc8c8ccccc87)c6)c5c43)n2)cc1. The van der Waals surface area contributed by atoms with Gasteiger partial charge in [0.2, 0.25) is 0 Å². The maximum absolute atomic E-state index is 5.23. The summed E-state index contributed by atoms with van der Waals surface area (Å²) >= 11 is 0. The van der Waals surface area contributed by atoms with Crippen LogP contribution >= 0.6 is 0 Å². The first kappa shape index (κ1) is 35.2. The summed E-state index contributed by atoms with van der Waals surface area (Å²) in [4.78, 5) is 15.5. The van der Waals surface area contributed by atoms with Crippen LogP contribution in [0.15, 0.2) is 218 Å². The number of aromatic nitrogens is 6. The molecule has 0 saturated heterocycles. The van der Waals surface area contributed by atoms with E-state index < -0.39 is 0 Å². The highest BCUT2D eigenvalue weighted by Crippen LogP contribution is 2.43. The molecule has 0 unspecified atom stereocenters. The monoisotopic (exact) mass is 804 g/mol. The van der Waals surface area contributed by atoms with E-state index in [2.05, 4.69) is 196 Å². The van der Waals surface area contributed by atoms with E-state index in [1.807, 2.05) is 36.4 Å². The molecule has 63 heavy (non-hydrogen) atoms. The third-order valence-electron chi connectivity index (χ3n) is 12.5. The minimum Gasteiger partial charge on any atom is -0.309 e. The molecule has 0 aliphatic rings. The Morgan fingerprint density at radius 3 is 1.22 bits per heavy atom. The predicted octanol–water partition coefficient (Wildman–Crippen LogP) is 14.2. The Morgan fingerprint density at radius 1 is 0.270 bits per heavy atom. The molecule has 9 aromatic carbocycles. The van der Waals surface area contributed by atoms with Crippen LogP contribution in [0.1, 0.15) is 0 Å². The van der Waals surface area contributed by atoms with Crippen molar-refractivity contribution >= 4 is 65.4 Å². The fraction of sp³-hybridized carbons (Fsp3) is 0. The van der Waals surface area contributed by atoms with Crippen molar-refractivity contribution in [3.8, 4) is 51.2 Å². The molecular weight excluding hydrogens is 769 g/mol. The molecule has 4 heterocycles. The van der Waals surface area contributed by atoms with E-state index in [1.165, 1.54) is 43.4 Å². The summed E-state index contributed by atoms with van der Waals surface area (Å²) in [6.07, 6.45) is 0. The zero-order chi connectivity index (χ0) is 41.4. The topological polar surface area (TPSA) is 53.5 Å². The van der Waals surface area contributed by atoms with Gasteiger partial charge < -0.3 is 13.7 Å². The Balaban J connectivity index is 1.12. The second-order valence-corrected chi connectivity index (χ2v) is 16.0. The van der Waals surface area contributed by atoms with Crippen molar-refractivity contribution in [2.24, 2.45) is 0 Å². The van der Waals surface area contributed by atoms with E-state index >= 15 is 0 Å². The van der Waals surface area contributed by atoms with Gasteiger partial charge >= 0.3 is 0 Å². The van der Waals surface area contributed by atoms with Gasteiger partial charge in [-0.3, -0.25) is 0 Å². The summed E-state index contributed by atoms with van der Waals surface area (Å²) < 4.78 is 7.29. The molecule has 0 amide bonds. The van der Waals surface area contributed by atoms with Gasteiger partial charge in [-0.2, -0.15) is 0 Å². The maximum Gasteiger partial charge on any atom is 0.166 e. The van der Waals surface area contributed by atoms with Crippen molar-refractivity contribution in [1.82, 2.24) is 28.7 Å². The average molecular weight is 805 g/mol. The number of para-hydroxylation sites is 5. The Hall–Kier alpha value is -8.61. The largest absolute Gasteiger partial charge is 0.309 e. The molecule has 0 atom stereocenters. The minimum atomic E-state index is 0.607. The standard InChI is InChI=1S/C57H36N6/c1-3-18-37(19-4-1)55-58-56(38-20-5-2-6-21-38)60-57(59-55)47-28-11-16-33-52(47)63-51-32-15-10-27-44(51)46-35-34-45-43-26-9-14-31-50(43)62(53(45)54(46)63)40-23-17-22-39(36-40)61-48-29-12-7-24-41(48)42-25-8-13-30-49(42)61/h1-36H. The van der Waals surface area contributed by atoms with Crippen LogP contribution in [0.2, 0.25) is 0 Å². The molecular formula is C57H36N6. The Bertz CT molecular complexity index is 3800. The van der Waals surface area contributed by atoms with Crippen molar-refractivity contribution in [3.05, 3.63) is 218 Å². The third kappa shape index (κ3) is 5.41. The lowest BCUT2D eigenvalue weighted by atomic mass is 10.1.